The third-order valence-electron chi connectivity index (χ3n) is 11.2. The first-order chi connectivity index (χ1) is 27.8. The fourth-order valence-electron chi connectivity index (χ4n) is 8.82. The summed E-state index contributed by atoms with van der Waals surface area (Å²) in [6, 6.07) is 64.6. The van der Waals surface area contributed by atoms with E-state index in [1.807, 2.05) is 35.6 Å². The highest BCUT2D eigenvalue weighted by Crippen LogP contribution is 2.51. The quantitative estimate of drug-likeness (QED) is 0.169. The summed E-state index contributed by atoms with van der Waals surface area (Å²) < 4.78 is 4.79. The molecule has 12 rings (SSSR count). The molecule has 0 saturated heterocycles. The highest BCUT2D eigenvalue weighted by molar-refractivity contribution is 7.27. The maximum Gasteiger partial charge on any atom is 0.238 e. The first-order valence-corrected chi connectivity index (χ1v) is 19.7. The van der Waals surface area contributed by atoms with Crippen LogP contribution in [-0.2, 0) is 0 Å². The lowest BCUT2D eigenvalue weighted by Crippen LogP contribution is -2.06. The Labute approximate surface area is 325 Å². The number of rotatable bonds is 4. The molecule has 0 unspecified atom stereocenters. The van der Waals surface area contributed by atoms with Crippen LogP contribution in [0.4, 0.5) is 0 Å². The SMILES string of the molecule is c1ccc(-c2cccc(-c3nc(-c4ccccc4)nc(-n4c5ccccc5c5c6c7ccccc7c7ccccc7c6c6c7ccccc7sc6c54)n3)c2)cc1. The van der Waals surface area contributed by atoms with Gasteiger partial charge in [0.05, 0.1) is 15.7 Å². The lowest BCUT2D eigenvalue weighted by atomic mass is 9.89. The molecule has 0 saturated carbocycles. The van der Waals surface area contributed by atoms with Gasteiger partial charge in [0.25, 0.3) is 0 Å². The van der Waals surface area contributed by atoms with Crippen molar-refractivity contribution in [1.29, 1.82) is 0 Å². The van der Waals surface area contributed by atoms with Gasteiger partial charge in [-0.1, -0.05) is 164 Å². The van der Waals surface area contributed by atoms with Crippen LogP contribution in [0.3, 0.4) is 0 Å². The summed E-state index contributed by atoms with van der Waals surface area (Å²) in [5.74, 6) is 1.85. The molecule has 0 aliphatic rings. The van der Waals surface area contributed by atoms with Gasteiger partial charge in [-0.25, -0.2) is 4.98 Å². The summed E-state index contributed by atoms with van der Waals surface area (Å²) in [7, 11) is 0. The first kappa shape index (κ1) is 31.2. The van der Waals surface area contributed by atoms with Crippen LogP contribution in [0.2, 0.25) is 0 Å². The van der Waals surface area contributed by atoms with Crippen LogP contribution < -0.4 is 0 Å². The first-order valence-electron chi connectivity index (χ1n) is 18.9. The Kier molecular flexibility index (Phi) is 6.76. The summed E-state index contributed by atoms with van der Waals surface area (Å²) in [6.45, 7) is 0. The second kappa shape index (κ2) is 12.2. The van der Waals surface area contributed by atoms with Gasteiger partial charge in [0.15, 0.2) is 11.6 Å². The van der Waals surface area contributed by atoms with Crippen molar-refractivity contribution in [1.82, 2.24) is 19.5 Å². The van der Waals surface area contributed by atoms with Gasteiger partial charge < -0.3 is 0 Å². The molecule has 0 aliphatic carbocycles. The zero-order valence-corrected chi connectivity index (χ0v) is 30.8. The van der Waals surface area contributed by atoms with Gasteiger partial charge >= 0.3 is 0 Å². The Bertz CT molecular complexity index is 3530. The number of hydrogen-bond donors (Lipinski definition) is 0. The maximum atomic E-state index is 5.41. The molecule has 56 heavy (non-hydrogen) atoms. The van der Waals surface area contributed by atoms with Gasteiger partial charge in [-0.3, -0.25) is 4.57 Å². The maximum absolute atomic E-state index is 5.41. The molecule has 3 aromatic heterocycles. The van der Waals surface area contributed by atoms with Gasteiger partial charge in [-0.15, -0.1) is 11.3 Å². The predicted octanol–water partition coefficient (Wildman–Crippen LogP) is 13.8. The van der Waals surface area contributed by atoms with Gasteiger partial charge in [0.2, 0.25) is 5.95 Å². The minimum Gasteiger partial charge on any atom is -0.276 e. The number of nitrogens with zero attached hydrogens (tertiary/aromatic N) is 4. The standard InChI is InChI=1S/C51H30N4S/c1-3-16-31(17-4-1)33-20-15-21-34(30-33)50-52-49(32-18-5-2-6-19-32)53-51(54-50)55-41-28-13-11-26-39(41)45-43-37-24-9-7-22-35(37)36-23-8-10-25-38(36)44(43)46-40-27-12-14-29-42(40)56-48(46)47(45)55/h1-30H. The van der Waals surface area contributed by atoms with Gasteiger partial charge in [-0.2, -0.15) is 9.97 Å². The molecule has 0 amide bonds. The normalized spacial score (nSPS) is 11.9. The number of aromatic nitrogens is 4. The van der Waals surface area contributed by atoms with E-state index >= 15 is 0 Å². The molecule has 9 aromatic carbocycles. The molecule has 0 fully saturated rings. The van der Waals surface area contributed by atoms with E-state index in [1.165, 1.54) is 63.3 Å². The number of para-hydroxylation sites is 1. The molecule has 5 heteroatoms. The van der Waals surface area contributed by atoms with Crippen molar-refractivity contribution >= 4 is 85.6 Å². The second-order valence-corrected chi connectivity index (χ2v) is 15.4. The molecule has 0 N–H and O–H groups in total. The Morgan fingerprint density at radius 1 is 0.357 bits per heavy atom. The molecule has 260 valence electrons. The second-order valence-electron chi connectivity index (χ2n) is 14.3. The summed E-state index contributed by atoms with van der Waals surface area (Å²) in [5.41, 5.74) is 6.30. The molecular formula is C51H30N4S. The van der Waals surface area contributed by atoms with Crippen LogP contribution >= 0.6 is 11.3 Å². The van der Waals surface area contributed by atoms with Crippen molar-refractivity contribution in [2.75, 3.05) is 0 Å². The molecule has 3 heterocycles. The van der Waals surface area contributed by atoms with Crippen LogP contribution in [0.15, 0.2) is 182 Å². The number of hydrogen-bond acceptors (Lipinski definition) is 4. The molecule has 0 aliphatic heterocycles. The van der Waals surface area contributed by atoms with Crippen molar-refractivity contribution in [3.8, 4) is 39.9 Å². The van der Waals surface area contributed by atoms with E-state index < -0.39 is 0 Å². The average molecular weight is 731 g/mol. The summed E-state index contributed by atoms with van der Waals surface area (Å²) in [6.07, 6.45) is 0. The van der Waals surface area contributed by atoms with Crippen molar-refractivity contribution in [2.24, 2.45) is 0 Å². The Morgan fingerprint density at radius 3 is 1.59 bits per heavy atom. The van der Waals surface area contributed by atoms with E-state index in [-0.39, 0.29) is 0 Å². The molecule has 0 atom stereocenters. The number of thiophene rings is 1. The fourth-order valence-corrected chi connectivity index (χ4v) is 10.1. The van der Waals surface area contributed by atoms with E-state index in [2.05, 4.69) is 162 Å². The van der Waals surface area contributed by atoms with Crippen LogP contribution in [0, 0.1) is 0 Å². The van der Waals surface area contributed by atoms with E-state index in [0.717, 1.165) is 33.3 Å². The van der Waals surface area contributed by atoms with Gasteiger partial charge in [0, 0.05) is 48.1 Å². The van der Waals surface area contributed by atoms with Gasteiger partial charge in [0.1, 0.15) is 0 Å². The van der Waals surface area contributed by atoms with Crippen LogP contribution in [0.5, 0.6) is 0 Å². The molecular weight excluding hydrogens is 701 g/mol. The Morgan fingerprint density at radius 2 is 0.875 bits per heavy atom. The molecule has 0 bridgehead atoms. The Hall–Kier alpha value is -7.21. The minimum absolute atomic E-state index is 0.591. The summed E-state index contributed by atoms with van der Waals surface area (Å²) in [5, 5.41) is 12.5. The van der Waals surface area contributed by atoms with Crippen LogP contribution in [-0.4, -0.2) is 19.5 Å². The highest BCUT2D eigenvalue weighted by Gasteiger charge is 2.26. The number of fused-ring (bicyclic) bond motifs is 15. The number of benzene rings is 9. The van der Waals surface area contributed by atoms with Crippen molar-refractivity contribution in [2.45, 2.75) is 0 Å². The van der Waals surface area contributed by atoms with E-state index in [9.17, 15) is 0 Å². The van der Waals surface area contributed by atoms with E-state index in [0.29, 0.717) is 17.6 Å². The average Bonchev–Trinajstić information content (AvgIpc) is 3.84. The zero-order valence-electron chi connectivity index (χ0n) is 30.0. The van der Waals surface area contributed by atoms with E-state index in [4.69, 9.17) is 15.0 Å². The van der Waals surface area contributed by atoms with Crippen LogP contribution in [0.25, 0.3) is 114 Å². The molecule has 0 spiro atoms. The largest absolute Gasteiger partial charge is 0.276 e. The van der Waals surface area contributed by atoms with Crippen molar-refractivity contribution in [3.05, 3.63) is 182 Å². The van der Waals surface area contributed by atoms with Gasteiger partial charge in [-0.05, 0) is 50.9 Å². The monoisotopic (exact) mass is 730 g/mol. The molecule has 4 nitrogen and oxygen atoms in total. The van der Waals surface area contributed by atoms with Crippen molar-refractivity contribution in [3.63, 3.8) is 0 Å². The van der Waals surface area contributed by atoms with E-state index in [1.54, 1.807) is 0 Å². The topological polar surface area (TPSA) is 43.6 Å². The smallest absolute Gasteiger partial charge is 0.238 e. The zero-order chi connectivity index (χ0) is 36.7. The summed E-state index contributed by atoms with van der Waals surface area (Å²) in [4.78, 5) is 15.9. The highest BCUT2D eigenvalue weighted by atomic mass is 32.1. The fraction of sp³-hybridized carbons (Fsp3) is 0. The predicted molar refractivity (Wildman–Crippen MR) is 236 cm³/mol. The van der Waals surface area contributed by atoms with Crippen LogP contribution in [0.1, 0.15) is 0 Å². The molecule has 0 radical (unpaired) electrons. The molecule has 12 aromatic rings. The lowest BCUT2D eigenvalue weighted by Gasteiger charge is -2.15. The lowest BCUT2D eigenvalue weighted by molar-refractivity contribution is 0.955. The van der Waals surface area contributed by atoms with Crippen molar-refractivity contribution < 1.29 is 0 Å². The minimum atomic E-state index is 0.591. The summed E-state index contributed by atoms with van der Waals surface area (Å²) >= 11 is 1.85. The third-order valence-corrected chi connectivity index (χ3v) is 12.4. The Balaban J connectivity index is 1.28. The third kappa shape index (κ3) is 4.55.